The first-order valence-corrected chi connectivity index (χ1v) is 8.40. The van der Waals surface area contributed by atoms with Crippen molar-refractivity contribution < 1.29 is 9.59 Å². The highest BCUT2D eigenvalue weighted by Gasteiger charge is 2.36. The second-order valence-corrected chi connectivity index (χ2v) is 6.10. The van der Waals surface area contributed by atoms with E-state index in [1.165, 1.54) is 18.6 Å². The van der Waals surface area contributed by atoms with Crippen molar-refractivity contribution in [1.82, 2.24) is 14.9 Å². The molecule has 1 fully saturated rings. The van der Waals surface area contributed by atoms with Crippen LogP contribution in [0, 0.1) is 5.92 Å². The fraction of sp³-hybridized carbons (Fsp3) is 0.250. The Bertz CT molecular complexity index is 717. The van der Waals surface area contributed by atoms with Gasteiger partial charge in [0.15, 0.2) is 0 Å². The van der Waals surface area contributed by atoms with Gasteiger partial charge in [-0.3, -0.25) is 14.6 Å². The lowest BCUT2D eigenvalue weighted by Crippen LogP contribution is -2.54. The number of likely N-dealkylation sites (tertiary alicyclic amines) is 1. The molecule has 0 spiro atoms. The molecule has 1 saturated heterocycles. The van der Waals surface area contributed by atoms with E-state index in [-0.39, 0.29) is 17.7 Å². The summed E-state index contributed by atoms with van der Waals surface area (Å²) in [6.07, 6.45) is 6.42. The Morgan fingerprint density at radius 2 is 2.13 bits per heavy atom. The zero-order valence-electron chi connectivity index (χ0n) is 12.6. The maximum Gasteiger partial charge on any atom is 0.274 e. The Balaban J connectivity index is 1.54. The molecular weight excluding hydrogens is 312 g/mol. The number of nitrogens with zero attached hydrogens (tertiary/aromatic N) is 3. The second kappa shape index (κ2) is 6.78. The molecule has 6 nitrogen and oxygen atoms in total. The number of carbonyl (C=O) groups excluding carboxylic acids is 2. The van der Waals surface area contributed by atoms with Crippen LogP contribution in [-0.2, 0) is 4.79 Å². The molecule has 0 bridgehead atoms. The fourth-order valence-electron chi connectivity index (χ4n) is 2.33. The monoisotopic (exact) mass is 328 g/mol. The zero-order chi connectivity index (χ0) is 16.2. The predicted octanol–water partition coefficient (Wildman–Crippen LogP) is 1.91. The van der Waals surface area contributed by atoms with Crippen LogP contribution in [0.2, 0.25) is 0 Å². The summed E-state index contributed by atoms with van der Waals surface area (Å²) in [7, 11) is 0. The summed E-state index contributed by atoms with van der Waals surface area (Å²) in [5.41, 5.74) is 1.08. The SMILES string of the molecule is CSc1cccc(NC(=O)C2CN(C(=O)c3cnccn3)C2)c1. The Labute approximate surface area is 138 Å². The van der Waals surface area contributed by atoms with E-state index in [1.807, 2.05) is 30.5 Å². The van der Waals surface area contributed by atoms with Gasteiger partial charge >= 0.3 is 0 Å². The maximum absolute atomic E-state index is 12.2. The van der Waals surface area contributed by atoms with Crippen LogP contribution >= 0.6 is 11.8 Å². The number of benzene rings is 1. The van der Waals surface area contributed by atoms with E-state index in [2.05, 4.69) is 15.3 Å². The number of nitrogens with one attached hydrogen (secondary N) is 1. The molecule has 2 heterocycles. The number of anilines is 1. The molecular formula is C16H16N4O2S. The molecule has 1 aromatic carbocycles. The van der Waals surface area contributed by atoms with Gasteiger partial charge in [0, 0.05) is 36.1 Å². The van der Waals surface area contributed by atoms with Crippen LogP contribution < -0.4 is 5.32 Å². The lowest BCUT2D eigenvalue weighted by Gasteiger charge is -2.37. The number of hydrogen-bond acceptors (Lipinski definition) is 5. The summed E-state index contributed by atoms with van der Waals surface area (Å²) in [6, 6.07) is 7.69. The normalized spacial score (nSPS) is 14.2. The highest BCUT2D eigenvalue weighted by atomic mass is 32.2. The first kappa shape index (κ1) is 15.5. The Morgan fingerprint density at radius 1 is 1.30 bits per heavy atom. The van der Waals surface area contributed by atoms with Gasteiger partial charge in [0.25, 0.3) is 5.91 Å². The van der Waals surface area contributed by atoms with Crippen molar-refractivity contribution >= 4 is 29.3 Å². The maximum atomic E-state index is 12.2. The van der Waals surface area contributed by atoms with Crippen molar-refractivity contribution in [2.45, 2.75) is 4.90 Å². The van der Waals surface area contributed by atoms with Gasteiger partial charge in [0.05, 0.1) is 12.1 Å². The van der Waals surface area contributed by atoms with Crippen LogP contribution in [0.25, 0.3) is 0 Å². The van der Waals surface area contributed by atoms with Crippen molar-refractivity contribution in [2.24, 2.45) is 5.92 Å². The third-order valence-corrected chi connectivity index (χ3v) is 4.38. The molecule has 23 heavy (non-hydrogen) atoms. The lowest BCUT2D eigenvalue weighted by molar-refractivity contribution is -0.123. The van der Waals surface area contributed by atoms with Crippen LogP contribution in [0.3, 0.4) is 0 Å². The van der Waals surface area contributed by atoms with Gasteiger partial charge in [0.1, 0.15) is 5.69 Å². The molecule has 0 radical (unpaired) electrons. The highest BCUT2D eigenvalue weighted by Crippen LogP contribution is 2.22. The second-order valence-electron chi connectivity index (χ2n) is 5.22. The number of amides is 2. The number of aromatic nitrogens is 2. The van der Waals surface area contributed by atoms with E-state index in [4.69, 9.17) is 0 Å². The molecule has 1 aliphatic rings. The third-order valence-electron chi connectivity index (χ3n) is 3.66. The summed E-state index contributed by atoms with van der Waals surface area (Å²) in [5.74, 6) is -0.438. The van der Waals surface area contributed by atoms with Crippen molar-refractivity contribution in [3.05, 3.63) is 48.5 Å². The van der Waals surface area contributed by atoms with Crippen molar-refractivity contribution in [1.29, 1.82) is 0 Å². The van der Waals surface area contributed by atoms with Crippen molar-refractivity contribution in [3.63, 3.8) is 0 Å². The molecule has 0 unspecified atom stereocenters. The van der Waals surface area contributed by atoms with E-state index >= 15 is 0 Å². The summed E-state index contributed by atoms with van der Waals surface area (Å²) in [5, 5.41) is 2.90. The number of rotatable bonds is 4. The molecule has 3 rings (SSSR count). The van der Waals surface area contributed by atoms with Crippen LogP contribution in [-0.4, -0.2) is 46.0 Å². The van der Waals surface area contributed by atoms with Crippen LogP contribution in [0.5, 0.6) is 0 Å². The van der Waals surface area contributed by atoms with Crippen LogP contribution in [0.15, 0.2) is 47.8 Å². The fourth-order valence-corrected chi connectivity index (χ4v) is 2.79. The average molecular weight is 328 g/mol. The summed E-state index contributed by atoms with van der Waals surface area (Å²) in [4.78, 5) is 34.9. The molecule has 1 N–H and O–H groups in total. The van der Waals surface area contributed by atoms with Gasteiger partial charge in [-0.1, -0.05) is 6.07 Å². The standard InChI is InChI=1S/C16H16N4O2S/c1-23-13-4-2-3-12(7-13)19-15(21)11-9-20(10-11)16(22)14-8-17-5-6-18-14/h2-8,11H,9-10H2,1H3,(H,19,21). The molecule has 2 aromatic rings. The smallest absolute Gasteiger partial charge is 0.274 e. The molecule has 1 aromatic heterocycles. The third kappa shape index (κ3) is 3.50. The first-order chi connectivity index (χ1) is 11.2. The quantitative estimate of drug-likeness (QED) is 0.868. The van der Waals surface area contributed by atoms with E-state index < -0.39 is 0 Å². The largest absolute Gasteiger partial charge is 0.336 e. The minimum Gasteiger partial charge on any atom is -0.336 e. The van der Waals surface area contributed by atoms with E-state index in [0.29, 0.717) is 18.8 Å². The van der Waals surface area contributed by atoms with E-state index in [1.54, 1.807) is 16.7 Å². The molecule has 2 amide bonds. The predicted molar refractivity (Wildman–Crippen MR) is 88.3 cm³/mol. The Kier molecular flexibility index (Phi) is 4.57. The minimum absolute atomic E-state index is 0.0635. The molecule has 118 valence electrons. The van der Waals surface area contributed by atoms with Gasteiger partial charge < -0.3 is 10.2 Å². The Hall–Kier alpha value is -2.41. The first-order valence-electron chi connectivity index (χ1n) is 7.17. The van der Waals surface area contributed by atoms with E-state index in [9.17, 15) is 9.59 Å². The van der Waals surface area contributed by atoms with Gasteiger partial charge in [-0.2, -0.15) is 0 Å². The van der Waals surface area contributed by atoms with Gasteiger partial charge in [-0.25, -0.2) is 4.98 Å². The minimum atomic E-state index is -0.188. The van der Waals surface area contributed by atoms with E-state index in [0.717, 1.165) is 10.6 Å². The number of hydrogen-bond donors (Lipinski definition) is 1. The lowest BCUT2D eigenvalue weighted by atomic mass is 9.98. The summed E-state index contributed by atoms with van der Waals surface area (Å²) >= 11 is 1.62. The van der Waals surface area contributed by atoms with Crippen LogP contribution in [0.1, 0.15) is 10.5 Å². The average Bonchev–Trinajstić information content (AvgIpc) is 2.54. The highest BCUT2D eigenvalue weighted by molar-refractivity contribution is 7.98. The summed E-state index contributed by atoms with van der Waals surface area (Å²) < 4.78 is 0. The molecule has 0 aliphatic carbocycles. The summed E-state index contributed by atoms with van der Waals surface area (Å²) in [6.45, 7) is 0.812. The van der Waals surface area contributed by atoms with Gasteiger partial charge in [-0.05, 0) is 24.5 Å². The van der Waals surface area contributed by atoms with Crippen molar-refractivity contribution in [2.75, 3.05) is 24.7 Å². The molecule has 1 aliphatic heterocycles. The van der Waals surface area contributed by atoms with Gasteiger partial charge in [0.2, 0.25) is 5.91 Å². The number of thioether (sulfide) groups is 1. The van der Waals surface area contributed by atoms with Crippen molar-refractivity contribution in [3.8, 4) is 0 Å². The Morgan fingerprint density at radius 3 is 2.83 bits per heavy atom. The molecule has 0 saturated carbocycles. The number of carbonyl (C=O) groups is 2. The molecule has 7 heteroatoms. The van der Waals surface area contributed by atoms with Crippen LogP contribution in [0.4, 0.5) is 5.69 Å². The topological polar surface area (TPSA) is 75.2 Å². The zero-order valence-corrected chi connectivity index (χ0v) is 13.4. The molecule has 0 atom stereocenters. The van der Waals surface area contributed by atoms with Gasteiger partial charge in [-0.15, -0.1) is 11.8 Å².